The second-order valence-electron chi connectivity index (χ2n) is 2.48. The van der Waals surface area contributed by atoms with Gasteiger partial charge in [0.1, 0.15) is 0 Å². The third-order valence-electron chi connectivity index (χ3n) is 1.29. The largest absolute Gasteiger partial charge is 1.00 e. The molecule has 0 aliphatic heterocycles. The Morgan fingerprint density at radius 2 is 1.12 bits per heavy atom. The molecule has 0 aliphatic carbocycles. The Balaban J connectivity index is -0.0000000720. The third kappa shape index (κ3) is 11.1. The van der Waals surface area contributed by atoms with Crippen molar-refractivity contribution in [2.75, 3.05) is 0 Å². The fraction of sp³-hybridized carbons (Fsp3) is 0.500. The van der Waals surface area contributed by atoms with Crippen LogP contribution in [-0.4, -0.2) is 60.4 Å². The van der Waals surface area contributed by atoms with E-state index in [0.29, 0.717) is 0 Å². The number of aliphatic hydroxyl groups is 1. The molecule has 0 aromatic heterocycles. The van der Waals surface area contributed by atoms with Crippen molar-refractivity contribution in [3.05, 3.63) is 0 Å². The summed E-state index contributed by atoms with van der Waals surface area (Å²) in [6, 6.07) is 0. The Kier molecular flexibility index (Phi) is 19.8. The molecule has 0 heterocycles. The molecular formula is C6H15LiO10. The first kappa shape index (κ1) is 29.7. The van der Waals surface area contributed by atoms with Crippen LogP contribution in [0.3, 0.4) is 0 Å². The van der Waals surface area contributed by atoms with Crippen molar-refractivity contribution in [1.82, 2.24) is 0 Å². The van der Waals surface area contributed by atoms with Crippen molar-refractivity contribution < 1.29 is 71.5 Å². The summed E-state index contributed by atoms with van der Waals surface area (Å²) in [6.07, 6.45) is -2.29. The standard InChI is InChI=1S/C6H8O7.Li.3H2O.H/c7-3(8)1-6(13,5(11)12)2-4(9)10;;;;;/h13H,1-2H2,(H,7,8)(H,9,10)(H,11,12);;3*1H2;/q;+1;;;;-1. The quantitative estimate of drug-likeness (QED) is 0.346. The summed E-state index contributed by atoms with van der Waals surface area (Å²) in [6.45, 7) is 0. The molecule has 0 spiro atoms. The van der Waals surface area contributed by atoms with Gasteiger partial charge in [0.2, 0.25) is 0 Å². The molecule has 0 unspecified atom stereocenters. The number of carboxylic acid groups (broad SMARTS) is 3. The molecule has 100 valence electrons. The average molecular weight is 254 g/mol. The van der Waals surface area contributed by atoms with Gasteiger partial charge in [-0.2, -0.15) is 0 Å². The fourth-order valence-electron chi connectivity index (χ4n) is 0.714. The molecule has 11 heteroatoms. The first-order valence-corrected chi connectivity index (χ1v) is 3.17. The summed E-state index contributed by atoms with van der Waals surface area (Å²) in [4.78, 5) is 30.5. The normalized spacial score (nSPS) is 8.29. The fourth-order valence-corrected chi connectivity index (χ4v) is 0.714. The summed E-state index contributed by atoms with van der Waals surface area (Å²) in [5.74, 6) is -5.02. The Morgan fingerprint density at radius 3 is 1.24 bits per heavy atom. The van der Waals surface area contributed by atoms with E-state index < -0.39 is 36.4 Å². The minimum absolute atomic E-state index is 0. The van der Waals surface area contributed by atoms with Crippen LogP contribution in [0.5, 0.6) is 0 Å². The molecule has 0 saturated carbocycles. The van der Waals surface area contributed by atoms with Crippen molar-refractivity contribution in [2.45, 2.75) is 18.4 Å². The first-order chi connectivity index (χ1) is 5.78. The van der Waals surface area contributed by atoms with Crippen LogP contribution in [-0.2, 0) is 14.4 Å². The topological polar surface area (TPSA) is 227 Å². The molecule has 0 atom stereocenters. The summed E-state index contributed by atoms with van der Waals surface area (Å²) < 4.78 is 0. The molecule has 17 heavy (non-hydrogen) atoms. The summed E-state index contributed by atoms with van der Waals surface area (Å²) in [5.41, 5.74) is -2.74. The van der Waals surface area contributed by atoms with Crippen LogP contribution in [0.1, 0.15) is 14.3 Å². The zero-order chi connectivity index (χ0) is 10.6. The van der Waals surface area contributed by atoms with E-state index >= 15 is 0 Å². The van der Waals surface area contributed by atoms with Gasteiger partial charge >= 0.3 is 36.8 Å². The van der Waals surface area contributed by atoms with Crippen LogP contribution < -0.4 is 18.9 Å². The molecule has 10 nitrogen and oxygen atoms in total. The van der Waals surface area contributed by atoms with Crippen LogP contribution in [0, 0.1) is 0 Å². The maximum atomic E-state index is 10.3. The predicted molar refractivity (Wildman–Crippen MR) is 49.0 cm³/mol. The van der Waals surface area contributed by atoms with Crippen molar-refractivity contribution in [1.29, 1.82) is 0 Å². The minimum atomic E-state index is -2.74. The van der Waals surface area contributed by atoms with Gasteiger partial charge in [0, 0.05) is 0 Å². The van der Waals surface area contributed by atoms with E-state index in [9.17, 15) is 14.4 Å². The van der Waals surface area contributed by atoms with E-state index in [1.165, 1.54) is 0 Å². The van der Waals surface area contributed by atoms with Gasteiger partial charge in [-0.1, -0.05) is 0 Å². The van der Waals surface area contributed by atoms with Crippen LogP contribution in [0.2, 0.25) is 0 Å². The SMILES string of the molecule is O.O.O.O=C(O)CC(O)(CC(=O)O)C(=O)O.[H-].[Li+]. The van der Waals surface area contributed by atoms with Gasteiger partial charge in [0.25, 0.3) is 0 Å². The minimum Gasteiger partial charge on any atom is -1.00 e. The molecule has 10 N–H and O–H groups in total. The van der Waals surface area contributed by atoms with Gasteiger partial charge in [0.05, 0.1) is 12.8 Å². The van der Waals surface area contributed by atoms with E-state index in [1.807, 2.05) is 0 Å². The molecule has 0 aromatic carbocycles. The van der Waals surface area contributed by atoms with Gasteiger partial charge in [0.15, 0.2) is 5.60 Å². The summed E-state index contributed by atoms with van der Waals surface area (Å²) in [7, 11) is 0. The average Bonchev–Trinajstić information content (AvgIpc) is 1.82. The number of hydrogen-bond donors (Lipinski definition) is 4. The van der Waals surface area contributed by atoms with Crippen LogP contribution >= 0.6 is 0 Å². The smallest absolute Gasteiger partial charge is 1.00 e. The molecule has 0 aromatic rings. The van der Waals surface area contributed by atoms with Gasteiger partial charge in [-0.15, -0.1) is 0 Å². The van der Waals surface area contributed by atoms with Crippen molar-refractivity contribution in [3.63, 3.8) is 0 Å². The zero-order valence-electron chi connectivity index (χ0n) is 9.93. The number of aliphatic carboxylic acids is 3. The second-order valence-corrected chi connectivity index (χ2v) is 2.48. The van der Waals surface area contributed by atoms with E-state index in [-0.39, 0.29) is 36.7 Å². The van der Waals surface area contributed by atoms with E-state index in [1.54, 1.807) is 0 Å². The molecular weight excluding hydrogens is 239 g/mol. The molecule has 0 saturated heterocycles. The molecule has 0 rings (SSSR count). The number of carboxylic acids is 3. The first-order valence-electron chi connectivity index (χ1n) is 3.17. The van der Waals surface area contributed by atoms with Gasteiger partial charge in [-0.3, -0.25) is 9.59 Å². The number of rotatable bonds is 5. The predicted octanol–water partition coefficient (Wildman–Crippen LogP) is -6.61. The second kappa shape index (κ2) is 11.3. The Bertz CT molecular complexity index is 241. The summed E-state index contributed by atoms with van der Waals surface area (Å²) >= 11 is 0. The van der Waals surface area contributed by atoms with Crippen molar-refractivity contribution >= 4 is 17.9 Å². The van der Waals surface area contributed by atoms with E-state index in [4.69, 9.17) is 20.4 Å². The summed E-state index contributed by atoms with van der Waals surface area (Å²) in [5, 5.41) is 33.8. The molecule has 0 aliphatic rings. The molecule has 0 radical (unpaired) electrons. The number of carbonyl (C=O) groups is 3. The van der Waals surface area contributed by atoms with Crippen molar-refractivity contribution in [2.24, 2.45) is 0 Å². The Labute approximate surface area is 108 Å². The monoisotopic (exact) mass is 254 g/mol. The van der Waals surface area contributed by atoms with Gasteiger partial charge in [-0.25, -0.2) is 4.79 Å². The van der Waals surface area contributed by atoms with E-state index in [0.717, 1.165) is 0 Å². The van der Waals surface area contributed by atoms with Crippen molar-refractivity contribution in [3.8, 4) is 0 Å². The Hall–Kier alpha value is -1.15. The zero-order valence-corrected chi connectivity index (χ0v) is 8.93. The van der Waals surface area contributed by atoms with Gasteiger partial charge in [-0.05, 0) is 0 Å². The van der Waals surface area contributed by atoms with Gasteiger partial charge < -0.3 is 38.3 Å². The molecule has 0 fully saturated rings. The molecule has 0 bridgehead atoms. The van der Waals surface area contributed by atoms with E-state index in [2.05, 4.69) is 0 Å². The van der Waals surface area contributed by atoms with Crippen LogP contribution in [0.15, 0.2) is 0 Å². The molecule has 0 amide bonds. The maximum Gasteiger partial charge on any atom is 1.00 e. The Morgan fingerprint density at radius 1 is 0.882 bits per heavy atom. The van der Waals surface area contributed by atoms with Crippen LogP contribution in [0.4, 0.5) is 0 Å². The number of hydrogen-bond acceptors (Lipinski definition) is 4. The third-order valence-corrected chi connectivity index (χ3v) is 1.29. The maximum absolute atomic E-state index is 10.3. The van der Waals surface area contributed by atoms with Crippen LogP contribution in [0.25, 0.3) is 0 Å².